The highest BCUT2D eigenvalue weighted by Gasteiger charge is 2.44. The molecule has 98 valence electrons. The van der Waals surface area contributed by atoms with Crippen LogP contribution in [0.15, 0.2) is 23.3 Å². The highest BCUT2D eigenvalue weighted by Crippen LogP contribution is 2.36. The van der Waals surface area contributed by atoms with Gasteiger partial charge in [-0.15, -0.1) is 0 Å². The number of hydrogen-bond donors (Lipinski definition) is 1. The first-order valence-corrected chi connectivity index (χ1v) is 6.22. The van der Waals surface area contributed by atoms with E-state index >= 15 is 0 Å². The second-order valence-corrected chi connectivity index (χ2v) is 4.88. The van der Waals surface area contributed by atoms with Crippen LogP contribution in [0, 0.1) is 5.82 Å². The average molecular weight is 250 g/mol. The fraction of sp³-hybridized carbons (Fsp3) is 0.538. The Bertz CT molecular complexity index is 455. The van der Waals surface area contributed by atoms with E-state index in [1.165, 1.54) is 12.3 Å². The topological polar surface area (TPSA) is 54.5 Å². The van der Waals surface area contributed by atoms with Crippen LogP contribution in [-0.2, 0) is 5.54 Å². The third kappa shape index (κ3) is 1.83. The number of nitrogens with zero attached hydrogens (tertiary/aromatic N) is 3. The molecule has 0 aliphatic carbocycles. The van der Waals surface area contributed by atoms with E-state index in [0.717, 1.165) is 12.1 Å². The van der Waals surface area contributed by atoms with Crippen LogP contribution >= 0.6 is 0 Å². The number of hydrogen-bond acceptors (Lipinski definition) is 4. The summed E-state index contributed by atoms with van der Waals surface area (Å²) in [5, 5.41) is 0. The minimum Gasteiger partial charge on any atom is -0.370 e. The van der Waals surface area contributed by atoms with Gasteiger partial charge in [0.15, 0.2) is 5.96 Å². The van der Waals surface area contributed by atoms with Crippen LogP contribution in [0.2, 0.25) is 0 Å². The van der Waals surface area contributed by atoms with E-state index in [2.05, 4.69) is 35.6 Å². The fourth-order valence-electron chi connectivity index (χ4n) is 2.66. The van der Waals surface area contributed by atoms with Gasteiger partial charge in [0, 0.05) is 6.04 Å². The Morgan fingerprint density at radius 2 is 2.22 bits per heavy atom. The van der Waals surface area contributed by atoms with E-state index in [0.29, 0.717) is 12.5 Å². The molecule has 1 aromatic heterocycles. The van der Waals surface area contributed by atoms with Crippen LogP contribution in [0.25, 0.3) is 0 Å². The van der Waals surface area contributed by atoms with Crippen molar-refractivity contribution in [3.05, 3.63) is 29.8 Å². The predicted molar refractivity (Wildman–Crippen MR) is 69.6 cm³/mol. The molecule has 0 radical (unpaired) electrons. The summed E-state index contributed by atoms with van der Waals surface area (Å²) >= 11 is 0. The SMILES string of the molecule is CCC1(c2ccc(F)cn2)CN=C(N)N1C(C)C. The van der Waals surface area contributed by atoms with Gasteiger partial charge in [-0.3, -0.25) is 9.98 Å². The molecule has 0 aromatic carbocycles. The lowest BCUT2D eigenvalue weighted by molar-refractivity contribution is 0.153. The molecular formula is C13H19FN4. The number of rotatable bonds is 3. The normalized spacial score (nSPS) is 23.6. The molecule has 1 aliphatic rings. The van der Waals surface area contributed by atoms with Gasteiger partial charge in [0.05, 0.1) is 18.4 Å². The summed E-state index contributed by atoms with van der Waals surface area (Å²) in [7, 11) is 0. The van der Waals surface area contributed by atoms with Gasteiger partial charge in [0.1, 0.15) is 11.4 Å². The van der Waals surface area contributed by atoms with Crippen LogP contribution in [0.1, 0.15) is 32.9 Å². The van der Waals surface area contributed by atoms with Crippen molar-refractivity contribution in [3.63, 3.8) is 0 Å². The van der Waals surface area contributed by atoms with Gasteiger partial charge in [0.25, 0.3) is 0 Å². The first-order chi connectivity index (χ1) is 8.51. The Hall–Kier alpha value is -1.65. The maximum Gasteiger partial charge on any atom is 0.192 e. The van der Waals surface area contributed by atoms with Crippen molar-refractivity contribution in [3.8, 4) is 0 Å². The molecule has 1 aromatic rings. The summed E-state index contributed by atoms with van der Waals surface area (Å²) in [6, 6.07) is 3.39. The smallest absolute Gasteiger partial charge is 0.192 e. The van der Waals surface area contributed by atoms with E-state index in [4.69, 9.17) is 5.73 Å². The molecule has 2 N–H and O–H groups in total. The second kappa shape index (κ2) is 4.55. The monoisotopic (exact) mass is 250 g/mol. The van der Waals surface area contributed by atoms with Crippen molar-refractivity contribution in [2.45, 2.75) is 38.8 Å². The lowest BCUT2D eigenvalue weighted by Crippen LogP contribution is -2.52. The Labute approximate surface area is 107 Å². The summed E-state index contributed by atoms with van der Waals surface area (Å²) in [6.07, 6.45) is 2.08. The summed E-state index contributed by atoms with van der Waals surface area (Å²) in [5.41, 5.74) is 6.45. The van der Waals surface area contributed by atoms with Crippen molar-refractivity contribution in [1.82, 2.24) is 9.88 Å². The zero-order valence-electron chi connectivity index (χ0n) is 11.0. The first kappa shape index (κ1) is 12.8. The second-order valence-electron chi connectivity index (χ2n) is 4.88. The van der Waals surface area contributed by atoms with Gasteiger partial charge in [-0.2, -0.15) is 0 Å². The zero-order chi connectivity index (χ0) is 13.3. The van der Waals surface area contributed by atoms with Gasteiger partial charge in [-0.1, -0.05) is 6.92 Å². The fourth-order valence-corrected chi connectivity index (χ4v) is 2.66. The van der Waals surface area contributed by atoms with Crippen LogP contribution in [0.4, 0.5) is 4.39 Å². The largest absolute Gasteiger partial charge is 0.370 e. The molecule has 0 bridgehead atoms. The third-order valence-corrected chi connectivity index (χ3v) is 3.52. The molecule has 4 nitrogen and oxygen atoms in total. The molecule has 2 rings (SSSR count). The number of pyridine rings is 1. The molecule has 1 aliphatic heterocycles. The number of halogens is 1. The third-order valence-electron chi connectivity index (χ3n) is 3.52. The molecule has 1 atom stereocenters. The van der Waals surface area contributed by atoms with Crippen LogP contribution in [-0.4, -0.2) is 28.4 Å². The minimum atomic E-state index is -0.341. The van der Waals surface area contributed by atoms with Crippen LogP contribution in [0.5, 0.6) is 0 Å². The first-order valence-electron chi connectivity index (χ1n) is 6.22. The van der Waals surface area contributed by atoms with E-state index in [9.17, 15) is 4.39 Å². The molecule has 0 saturated carbocycles. The Morgan fingerprint density at radius 3 is 2.72 bits per heavy atom. The van der Waals surface area contributed by atoms with Gasteiger partial charge in [-0.05, 0) is 32.4 Å². The summed E-state index contributed by atoms with van der Waals surface area (Å²) in [5.74, 6) is 0.214. The van der Waals surface area contributed by atoms with E-state index in [1.54, 1.807) is 6.07 Å². The molecule has 18 heavy (non-hydrogen) atoms. The van der Waals surface area contributed by atoms with E-state index in [-0.39, 0.29) is 17.4 Å². The van der Waals surface area contributed by atoms with Crippen molar-refractivity contribution in [2.75, 3.05) is 6.54 Å². The number of aromatic nitrogens is 1. The van der Waals surface area contributed by atoms with Gasteiger partial charge < -0.3 is 10.6 Å². The molecule has 0 spiro atoms. The zero-order valence-corrected chi connectivity index (χ0v) is 11.0. The highest BCUT2D eigenvalue weighted by atomic mass is 19.1. The minimum absolute atomic E-state index is 0.225. The number of nitrogens with two attached hydrogens (primary N) is 1. The number of aliphatic imine (C=N–C) groups is 1. The molecule has 5 heteroatoms. The van der Waals surface area contributed by atoms with Crippen molar-refractivity contribution in [1.29, 1.82) is 0 Å². The molecule has 0 saturated heterocycles. The Balaban J connectivity index is 2.46. The lowest BCUT2D eigenvalue weighted by Gasteiger charge is -2.40. The van der Waals surface area contributed by atoms with Crippen molar-refractivity contribution < 1.29 is 4.39 Å². The van der Waals surface area contributed by atoms with Crippen LogP contribution < -0.4 is 5.73 Å². The number of guanidine groups is 1. The Morgan fingerprint density at radius 1 is 1.50 bits per heavy atom. The maximum absolute atomic E-state index is 13.0. The molecule has 0 fully saturated rings. The summed E-state index contributed by atoms with van der Waals surface area (Å²) in [6.45, 7) is 6.80. The van der Waals surface area contributed by atoms with Crippen molar-refractivity contribution >= 4 is 5.96 Å². The molecule has 1 unspecified atom stereocenters. The maximum atomic E-state index is 13.0. The highest BCUT2D eigenvalue weighted by molar-refractivity contribution is 5.81. The standard InChI is InChI=1S/C13H19FN4/c1-4-13(11-6-5-10(14)7-16-11)8-17-12(15)18(13)9(2)3/h5-7,9H,4,8H2,1-3H3,(H2,15,17). The molecule has 2 heterocycles. The van der Waals surface area contributed by atoms with Crippen molar-refractivity contribution in [2.24, 2.45) is 10.7 Å². The van der Waals surface area contributed by atoms with Gasteiger partial charge in [-0.25, -0.2) is 4.39 Å². The predicted octanol–water partition coefficient (Wildman–Crippen LogP) is 1.86. The molecular weight excluding hydrogens is 231 g/mol. The van der Waals surface area contributed by atoms with Gasteiger partial charge >= 0.3 is 0 Å². The quantitative estimate of drug-likeness (QED) is 0.891. The van der Waals surface area contributed by atoms with Gasteiger partial charge in [0.2, 0.25) is 0 Å². The Kier molecular flexibility index (Phi) is 3.24. The summed E-state index contributed by atoms with van der Waals surface area (Å²) in [4.78, 5) is 10.7. The van der Waals surface area contributed by atoms with Crippen LogP contribution in [0.3, 0.4) is 0 Å². The van der Waals surface area contributed by atoms with E-state index < -0.39 is 0 Å². The van der Waals surface area contributed by atoms with E-state index in [1.807, 2.05) is 0 Å². The lowest BCUT2D eigenvalue weighted by atomic mass is 9.89. The molecule has 0 amide bonds. The summed E-state index contributed by atoms with van der Waals surface area (Å²) < 4.78 is 13.0. The average Bonchev–Trinajstić information content (AvgIpc) is 2.68.